The fourth-order valence-corrected chi connectivity index (χ4v) is 1.93. The maximum atomic E-state index is 11.0. The normalized spacial score (nSPS) is 13.3. The van der Waals surface area contributed by atoms with E-state index in [4.69, 9.17) is 14.9 Å². The number of rotatable bonds is 6. The highest BCUT2D eigenvalue weighted by Crippen LogP contribution is 2.37. The lowest BCUT2D eigenvalue weighted by Gasteiger charge is -2.20. The number of nitrogens with zero attached hydrogens (tertiary/aromatic N) is 1. The molecule has 0 unspecified atom stereocenters. The molecule has 7 nitrogen and oxygen atoms in total. The fourth-order valence-electron chi connectivity index (χ4n) is 1.54. The van der Waals surface area contributed by atoms with E-state index in [2.05, 4.69) is 4.52 Å². The third-order valence-electron chi connectivity index (χ3n) is 2.49. The predicted octanol–water partition coefficient (Wildman–Crippen LogP) is 0.715. The van der Waals surface area contributed by atoms with Crippen molar-refractivity contribution in [3.8, 4) is 5.75 Å². The van der Waals surface area contributed by atoms with Crippen molar-refractivity contribution in [2.75, 3.05) is 14.1 Å². The van der Waals surface area contributed by atoms with Crippen molar-refractivity contribution in [2.45, 2.75) is 12.5 Å². The number of hydrogen-bond donors (Lipinski definition) is 3. The lowest BCUT2D eigenvalue weighted by atomic mass is 10.1. The van der Waals surface area contributed by atoms with Crippen LogP contribution in [0, 0.1) is 0 Å². The van der Waals surface area contributed by atoms with E-state index in [9.17, 15) is 9.36 Å². The van der Waals surface area contributed by atoms with Crippen molar-refractivity contribution in [1.82, 2.24) is 4.90 Å². The van der Waals surface area contributed by atoms with Crippen LogP contribution < -0.4 is 4.52 Å². The van der Waals surface area contributed by atoms with E-state index in [1.807, 2.05) is 0 Å². The zero-order chi connectivity index (χ0) is 14.6. The number of carboxylic acid groups (broad SMARTS) is 1. The Kier molecular flexibility index (Phi) is 5.08. The summed E-state index contributed by atoms with van der Waals surface area (Å²) in [7, 11) is -1.22. The Balaban J connectivity index is 2.76. The number of aliphatic carboxylic acids is 1. The number of benzene rings is 1. The largest absolute Gasteiger partial charge is 0.524 e. The van der Waals surface area contributed by atoms with Gasteiger partial charge >= 0.3 is 13.8 Å². The minimum atomic E-state index is -4.56. The number of phosphoric acid groups is 1. The third kappa shape index (κ3) is 5.40. The molecule has 0 spiro atoms. The van der Waals surface area contributed by atoms with E-state index in [0.29, 0.717) is 6.42 Å². The van der Waals surface area contributed by atoms with E-state index in [1.54, 1.807) is 31.1 Å². The van der Waals surface area contributed by atoms with Crippen LogP contribution in [0.15, 0.2) is 24.3 Å². The molecule has 0 aliphatic heterocycles. The molecule has 0 amide bonds. The Labute approximate surface area is 110 Å². The van der Waals surface area contributed by atoms with Crippen LogP contribution in [0.4, 0.5) is 0 Å². The summed E-state index contributed by atoms with van der Waals surface area (Å²) in [5.41, 5.74) is 0.735. The quantitative estimate of drug-likeness (QED) is 0.662. The molecule has 8 heteroatoms. The average molecular weight is 289 g/mol. The monoisotopic (exact) mass is 289 g/mol. The lowest BCUT2D eigenvalue weighted by Crippen LogP contribution is -2.37. The Morgan fingerprint density at radius 1 is 1.32 bits per heavy atom. The van der Waals surface area contributed by atoms with E-state index < -0.39 is 19.8 Å². The number of carbonyl (C=O) groups is 1. The van der Waals surface area contributed by atoms with Crippen LogP contribution in [0.2, 0.25) is 0 Å². The molecule has 0 bridgehead atoms. The molecule has 1 atom stereocenters. The second-order valence-corrected chi connectivity index (χ2v) is 5.41. The molecule has 0 aliphatic carbocycles. The summed E-state index contributed by atoms with van der Waals surface area (Å²) in [6, 6.07) is 5.27. The van der Waals surface area contributed by atoms with Gasteiger partial charge in [0.05, 0.1) is 0 Å². The summed E-state index contributed by atoms with van der Waals surface area (Å²) in [5, 5.41) is 9.04. The molecule has 106 valence electrons. The minimum absolute atomic E-state index is 0.0359. The summed E-state index contributed by atoms with van der Waals surface area (Å²) in [4.78, 5) is 29.9. The van der Waals surface area contributed by atoms with Gasteiger partial charge in [0.1, 0.15) is 11.8 Å². The molecule has 0 aliphatic rings. The molecule has 0 aromatic heterocycles. The van der Waals surface area contributed by atoms with Gasteiger partial charge in [-0.1, -0.05) is 12.1 Å². The van der Waals surface area contributed by atoms with Crippen LogP contribution in [0.25, 0.3) is 0 Å². The predicted molar refractivity (Wildman–Crippen MR) is 67.9 cm³/mol. The molecule has 0 fully saturated rings. The van der Waals surface area contributed by atoms with Gasteiger partial charge in [-0.05, 0) is 38.2 Å². The van der Waals surface area contributed by atoms with Crippen LogP contribution in [0.5, 0.6) is 5.75 Å². The van der Waals surface area contributed by atoms with E-state index in [1.165, 1.54) is 12.1 Å². The fraction of sp³-hybridized carbons (Fsp3) is 0.364. The van der Waals surface area contributed by atoms with Crippen LogP contribution in [-0.4, -0.2) is 45.9 Å². The number of carboxylic acids is 1. The highest BCUT2D eigenvalue weighted by molar-refractivity contribution is 7.46. The first-order chi connectivity index (χ1) is 8.69. The van der Waals surface area contributed by atoms with Crippen LogP contribution in [0.3, 0.4) is 0 Å². The maximum absolute atomic E-state index is 11.0. The highest BCUT2D eigenvalue weighted by atomic mass is 31.2. The van der Waals surface area contributed by atoms with E-state index in [-0.39, 0.29) is 5.75 Å². The molecule has 3 N–H and O–H groups in total. The average Bonchev–Trinajstić information content (AvgIpc) is 2.25. The Morgan fingerprint density at radius 3 is 2.21 bits per heavy atom. The molecule has 0 saturated carbocycles. The Bertz CT molecular complexity index is 480. The van der Waals surface area contributed by atoms with Gasteiger partial charge in [-0.2, -0.15) is 0 Å². The van der Waals surface area contributed by atoms with Gasteiger partial charge in [-0.25, -0.2) is 4.57 Å². The topological polar surface area (TPSA) is 107 Å². The summed E-state index contributed by atoms with van der Waals surface area (Å²) in [6.45, 7) is 0. The van der Waals surface area contributed by atoms with E-state index in [0.717, 1.165) is 5.56 Å². The molecule has 0 heterocycles. The van der Waals surface area contributed by atoms with E-state index >= 15 is 0 Å². The zero-order valence-corrected chi connectivity index (χ0v) is 11.4. The second kappa shape index (κ2) is 6.16. The molecule has 1 rings (SSSR count). The molecule has 0 radical (unpaired) electrons. The summed E-state index contributed by atoms with van der Waals surface area (Å²) < 4.78 is 15.0. The van der Waals surface area contributed by atoms with Gasteiger partial charge in [0.2, 0.25) is 0 Å². The second-order valence-electron chi connectivity index (χ2n) is 4.25. The summed E-state index contributed by atoms with van der Waals surface area (Å²) in [5.74, 6) is -0.894. The lowest BCUT2D eigenvalue weighted by molar-refractivity contribution is -0.142. The van der Waals surface area contributed by atoms with Gasteiger partial charge in [-0.3, -0.25) is 19.5 Å². The number of hydrogen-bond acceptors (Lipinski definition) is 4. The first-order valence-corrected chi connectivity index (χ1v) is 6.95. The van der Waals surface area contributed by atoms with Crippen LogP contribution in [-0.2, 0) is 15.8 Å². The van der Waals surface area contributed by atoms with Gasteiger partial charge in [0, 0.05) is 0 Å². The van der Waals surface area contributed by atoms with Crippen molar-refractivity contribution in [1.29, 1.82) is 0 Å². The van der Waals surface area contributed by atoms with Gasteiger partial charge < -0.3 is 9.63 Å². The highest BCUT2D eigenvalue weighted by Gasteiger charge is 2.20. The van der Waals surface area contributed by atoms with Gasteiger partial charge in [0.25, 0.3) is 0 Å². The summed E-state index contributed by atoms with van der Waals surface area (Å²) >= 11 is 0. The zero-order valence-electron chi connectivity index (χ0n) is 10.6. The van der Waals surface area contributed by atoms with Crippen molar-refractivity contribution < 1.29 is 28.8 Å². The Hall–Kier alpha value is -1.40. The van der Waals surface area contributed by atoms with Gasteiger partial charge in [-0.15, -0.1) is 0 Å². The van der Waals surface area contributed by atoms with Crippen LogP contribution >= 0.6 is 7.82 Å². The van der Waals surface area contributed by atoms with Crippen molar-refractivity contribution in [3.63, 3.8) is 0 Å². The van der Waals surface area contributed by atoms with Crippen molar-refractivity contribution in [2.24, 2.45) is 0 Å². The standard InChI is InChI=1S/C11H16NO6P/c1-12(2)10(11(13)14)7-8-3-5-9(6-4-8)18-19(15,16)17/h3-6,10H,7H2,1-2H3,(H,13,14)(H2,15,16,17)/t10-/m0/s1. The number of likely N-dealkylation sites (N-methyl/N-ethyl adjacent to an activating group) is 1. The first kappa shape index (κ1) is 15.7. The van der Waals surface area contributed by atoms with Crippen molar-refractivity contribution in [3.05, 3.63) is 29.8 Å². The number of phosphoric ester groups is 1. The minimum Gasteiger partial charge on any atom is -0.480 e. The molecule has 1 aromatic rings. The molecular weight excluding hydrogens is 273 g/mol. The van der Waals surface area contributed by atoms with Crippen molar-refractivity contribution >= 4 is 13.8 Å². The third-order valence-corrected chi connectivity index (χ3v) is 2.93. The van der Waals surface area contributed by atoms with Gasteiger partial charge in [0.15, 0.2) is 0 Å². The van der Waals surface area contributed by atoms with Crippen LogP contribution in [0.1, 0.15) is 5.56 Å². The molecule has 19 heavy (non-hydrogen) atoms. The molecule has 0 saturated heterocycles. The molecule has 1 aromatic carbocycles. The maximum Gasteiger partial charge on any atom is 0.524 e. The SMILES string of the molecule is CN(C)[C@@H](Cc1ccc(OP(=O)(O)O)cc1)C(=O)O. The smallest absolute Gasteiger partial charge is 0.480 e. The summed E-state index contributed by atoms with van der Waals surface area (Å²) in [6.07, 6.45) is 0.290. The molecular formula is C11H16NO6P. The first-order valence-electron chi connectivity index (χ1n) is 5.42. The Morgan fingerprint density at radius 2 is 1.84 bits per heavy atom.